The number of carbonyl (C=O) groups is 1. The van der Waals surface area contributed by atoms with Crippen LogP contribution >= 0.6 is 0 Å². The van der Waals surface area contributed by atoms with Crippen LogP contribution in [-0.4, -0.2) is 61.4 Å². The van der Waals surface area contributed by atoms with Gasteiger partial charge in [0.2, 0.25) is 0 Å². The number of carbonyl (C=O) groups excluding carboxylic acids is 1. The van der Waals surface area contributed by atoms with Gasteiger partial charge in [0.05, 0.1) is 19.4 Å². The number of morpholine rings is 1. The second kappa shape index (κ2) is 9.51. The fourth-order valence-corrected chi connectivity index (χ4v) is 3.51. The highest BCUT2D eigenvalue weighted by atomic mass is 19.1. The second-order valence-corrected chi connectivity index (χ2v) is 6.74. The van der Waals surface area contributed by atoms with E-state index in [0.29, 0.717) is 13.2 Å². The number of nitrogens with one attached hydrogen (secondary N) is 2. The van der Waals surface area contributed by atoms with E-state index >= 15 is 0 Å². The molecule has 2 heterocycles. The Kier molecular flexibility index (Phi) is 6.82. The van der Waals surface area contributed by atoms with Gasteiger partial charge in [-0.15, -0.1) is 6.58 Å². The lowest BCUT2D eigenvalue weighted by molar-refractivity contribution is 0.0402. The molecule has 29 heavy (non-hydrogen) atoms. The number of ether oxygens (including phenoxy) is 1. The van der Waals surface area contributed by atoms with E-state index in [0.717, 1.165) is 55.8 Å². The number of hydrogen-bond acceptors (Lipinski definition) is 5. The van der Waals surface area contributed by atoms with Crippen LogP contribution in [0.3, 0.4) is 0 Å². The number of halogens is 2. The maximum Gasteiger partial charge on any atom is 0.339 e. The standard InChI is InChI=1S/C20H25F2N5O2/c1-3-14-13-26(4-2)19(27-5-7-29-8-6-27)18(14)12-23-25-20(28)24-17-10-15(21)9-16(22)11-17/h3,9-12,14H,1,4-8,13H2,2H3,(H2,24,25,28)/b23-12+. The zero-order valence-electron chi connectivity index (χ0n) is 16.3. The molecule has 156 valence electrons. The SMILES string of the molecule is C=CC1CN(CC)C(N2CCOCC2)=C1/C=N/NC(=O)Nc1cc(F)cc(F)c1. The third kappa shape index (κ3) is 5.11. The van der Waals surface area contributed by atoms with Crippen molar-refractivity contribution in [2.75, 3.05) is 44.7 Å². The minimum absolute atomic E-state index is 0.00501. The molecule has 0 aromatic heterocycles. The highest BCUT2D eigenvalue weighted by Gasteiger charge is 2.32. The van der Waals surface area contributed by atoms with Crippen molar-refractivity contribution >= 4 is 17.9 Å². The summed E-state index contributed by atoms with van der Waals surface area (Å²) in [6.07, 6.45) is 3.48. The van der Waals surface area contributed by atoms with Gasteiger partial charge >= 0.3 is 6.03 Å². The van der Waals surface area contributed by atoms with Crippen LogP contribution in [0.5, 0.6) is 0 Å². The van der Waals surface area contributed by atoms with E-state index in [-0.39, 0.29) is 11.6 Å². The molecule has 1 aromatic carbocycles. The van der Waals surface area contributed by atoms with Crippen LogP contribution in [0.25, 0.3) is 0 Å². The van der Waals surface area contributed by atoms with Crippen molar-refractivity contribution in [3.63, 3.8) is 0 Å². The molecular weight excluding hydrogens is 380 g/mol. The van der Waals surface area contributed by atoms with Crippen molar-refractivity contribution in [1.29, 1.82) is 0 Å². The topological polar surface area (TPSA) is 69.2 Å². The molecule has 1 atom stereocenters. The molecule has 3 rings (SSSR count). The van der Waals surface area contributed by atoms with Crippen LogP contribution in [0, 0.1) is 17.6 Å². The first kappa shape index (κ1) is 20.8. The zero-order chi connectivity index (χ0) is 20.8. The summed E-state index contributed by atoms with van der Waals surface area (Å²) < 4.78 is 31.9. The third-order valence-electron chi connectivity index (χ3n) is 4.84. The summed E-state index contributed by atoms with van der Waals surface area (Å²) >= 11 is 0. The molecule has 0 saturated carbocycles. The van der Waals surface area contributed by atoms with Crippen LogP contribution in [-0.2, 0) is 4.74 Å². The molecule has 2 aliphatic heterocycles. The third-order valence-corrected chi connectivity index (χ3v) is 4.84. The Morgan fingerprint density at radius 2 is 2.00 bits per heavy atom. The van der Waals surface area contributed by atoms with Gasteiger partial charge in [-0.1, -0.05) is 6.08 Å². The Balaban J connectivity index is 1.72. The van der Waals surface area contributed by atoms with Gasteiger partial charge in [0.15, 0.2) is 0 Å². The van der Waals surface area contributed by atoms with Gasteiger partial charge in [-0.3, -0.25) is 0 Å². The summed E-state index contributed by atoms with van der Waals surface area (Å²) in [5.74, 6) is -0.398. The first-order valence-corrected chi connectivity index (χ1v) is 9.52. The van der Waals surface area contributed by atoms with E-state index in [1.807, 2.05) is 6.08 Å². The van der Waals surface area contributed by atoms with Crippen LogP contribution in [0.15, 0.2) is 47.3 Å². The number of urea groups is 1. The van der Waals surface area contributed by atoms with E-state index < -0.39 is 17.7 Å². The van der Waals surface area contributed by atoms with Gasteiger partial charge in [-0.2, -0.15) is 5.10 Å². The number of amides is 2. The van der Waals surface area contributed by atoms with Crippen molar-refractivity contribution in [3.05, 3.63) is 53.9 Å². The number of rotatable bonds is 6. The fourth-order valence-electron chi connectivity index (χ4n) is 3.51. The summed E-state index contributed by atoms with van der Waals surface area (Å²) in [5.41, 5.74) is 3.31. The minimum Gasteiger partial charge on any atom is -0.378 e. The largest absolute Gasteiger partial charge is 0.378 e. The molecule has 2 aliphatic rings. The first-order valence-electron chi connectivity index (χ1n) is 9.52. The number of anilines is 1. The zero-order valence-corrected chi connectivity index (χ0v) is 16.3. The van der Waals surface area contributed by atoms with E-state index in [1.54, 1.807) is 6.21 Å². The van der Waals surface area contributed by atoms with E-state index in [2.05, 4.69) is 39.1 Å². The normalized spacial score (nSPS) is 19.8. The molecule has 2 N–H and O–H groups in total. The summed E-state index contributed by atoms with van der Waals surface area (Å²) in [5, 5.41) is 6.39. The summed E-state index contributed by atoms with van der Waals surface area (Å²) in [4.78, 5) is 16.5. The molecule has 2 amide bonds. The van der Waals surface area contributed by atoms with Gasteiger partial charge in [0.25, 0.3) is 0 Å². The van der Waals surface area contributed by atoms with Gasteiger partial charge in [0.1, 0.15) is 17.5 Å². The number of nitrogens with zero attached hydrogens (tertiary/aromatic N) is 3. The molecular formula is C20H25F2N5O2. The van der Waals surface area contributed by atoms with Crippen molar-refractivity contribution in [2.45, 2.75) is 6.92 Å². The van der Waals surface area contributed by atoms with Crippen molar-refractivity contribution in [2.24, 2.45) is 11.0 Å². The second-order valence-electron chi connectivity index (χ2n) is 6.74. The maximum absolute atomic E-state index is 13.2. The fraction of sp³-hybridized carbons (Fsp3) is 0.400. The van der Waals surface area contributed by atoms with Gasteiger partial charge < -0.3 is 19.9 Å². The molecule has 7 nitrogen and oxygen atoms in total. The van der Waals surface area contributed by atoms with Crippen molar-refractivity contribution in [3.8, 4) is 0 Å². The average Bonchev–Trinajstić information content (AvgIpc) is 3.05. The Hall–Kier alpha value is -2.94. The smallest absolute Gasteiger partial charge is 0.339 e. The van der Waals surface area contributed by atoms with E-state index in [9.17, 15) is 13.6 Å². The molecule has 0 aliphatic carbocycles. The van der Waals surface area contributed by atoms with Crippen LogP contribution < -0.4 is 10.7 Å². The highest BCUT2D eigenvalue weighted by Crippen LogP contribution is 2.30. The highest BCUT2D eigenvalue weighted by molar-refractivity contribution is 5.90. The molecule has 0 radical (unpaired) electrons. The molecule has 9 heteroatoms. The maximum atomic E-state index is 13.2. The molecule has 1 aromatic rings. The van der Waals surface area contributed by atoms with Gasteiger partial charge in [-0.05, 0) is 19.1 Å². The van der Waals surface area contributed by atoms with Crippen molar-refractivity contribution < 1.29 is 18.3 Å². The van der Waals surface area contributed by atoms with E-state index in [4.69, 9.17) is 4.74 Å². The predicted molar refractivity (Wildman–Crippen MR) is 107 cm³/mol. The van der Waals surface area contributed by atoms with Gasteiger partial charge in [0, 0.05) is 49.4 Å². The quantitative estimate of drug-likeness (QED) is 0.434. The molecule has 0 spiro atoms. The number of benzene rings is 1. The Bertz CT molecular complexity index is 801. The van der Waals surface area contributed by atoms with Gasteiger partial charge in [-0.25, -0.2) is 19.0 Å². The summed E-state index contributed by atoms with van der Waals surface area (Å²) in [7, 11) is 0. The Morgan fingerprint density at radius 3 is 2.62 bits per heavy atom. The van der Waals surface area contributed by atoms with Crippen LogP contribution in [0.2, 0.25) is 0 Å². The monoisotopic (exact) mass is 405 g/mol. The van der Waals surface area contributed by atoms with Crippen LogP contribution in [0.4, 0.5) is 19.3 Å². The molecule has 1 unspecified atom stereocenters. The first-order chi connectivity index (χ1) is 14.0. The molecule has 1 fully saturated rings. The Morgan fingerprint density at radius 1 is 1.31 bits per heavy atom. The lowest BCUT2D eigenvalue weighted by Gasteiger charge is -2.35. The number of hydrazone groups is 1. The number of hydrogen-bond donors (Lipinski definition) is 2. The lowest BCUT2D eigenvalue weighted by Crippen LogP contribution is -2.41. The lowest BCUT2D eigenvalue weighted by atomic mass is 10.0. The predicted octanol–water partition coefficient (Wildman–Crippen LogP) is 2.75. The minimum atomic E-state index is -0.774. The van der Waals surface area contributed by atoms with E-state index in [1.165, 1.54) is 0 Å². The molecule has 0 bridgehead atoms. The molecule has 1 saturated heterocycles. The Labute approximate surface area is 168 Å². The van der Waals surface area contributed by atoms with Crippen molar-refractivity contribution in [1.82, 2.24) is 15.2 Å². The average molecular weight is 405 g/mol. The van der Waals surface area contributed by atoms with Crippen LogP contribution in [0.1, 0.15) is 6.92 Å². The summed E-state index contributed by atoms with van der Waals surface area (Å²) in [6.45, 7) is 10.5. The summed E-state index contributed by atoms with van der Waals surface area (Å²) in [6, 6.07) is 2.08.